The van der Waals surface area contributed by atoms with Gasteiger partial charge in [0.15, 0.2) is 37.7 Å². The number of carbonyl (C=O) groups excluding carboxylic acids is 7. The second-order valence-electron chi connectivity index (χ2n) is 34.7. The first-order valence-electron chi connectivity index (χ1n) is 43.5. The van der Waals surface area contributed by atoms with Gasteiger partial charge in [-0.05, 0) is 0 Å². The van der Waals surface area contributed by atoms with Crippen molar-refractivity contribution in [3.63, 3.8) is 0 Å². The largest absolute Gasteiger partial charge is 0.477 e. The zero-order chi connectivity index (χ0) is 104. The molecule has 62 heteroatoms. The quantitative estimate of drug-likeness (QED) is 0.0270. The molecule has 0 aromatic heterocycles. The van der Waals surface area contributed by atoms with E-state index in [1.807, 2.05) is 0 Å². The number of rotatable bonds is 41. The Morgan fingerprint density at radius 3 is 0.813 bits per heavy atom. The monoisotopic (exact) mass is 2030 g/mol. The molecule has 9 heterocycles. The molecule has 62 nitrogen and oxygen atoms in total. The van der Waals surface area contributed by atoms with Gasteiger partial charge in [0, 0.05) is 67.7 Å². The lowest BCUT2D eigenvalue weighted by molar-refractivity contribution is -0.390. The Bertz CT molecular complexity index is 4090. The lowest BCUT2D eigenvalue weighted by atomic mass is 9.88. The minimum Gasteiger partial charge on any atom is -0.477 e. The number of amides is 7. The van der Waals surface area contributed by atoms with Gasteiger partial charge in [-0.25, -0.2) is 14.4 Å². The van der Waals surface area contributed by atoms with Crippen LogP contribution in [0.5, 0.6) is 0 Å². The summed E-state index contributed by atoms with van der Waals surface area (Å²) in [6.45, 7) is -5.59. The Kier molecular flexibility index (Phi) is 41.0. The van der Waals surface area contributed by atoms with Gasteiger partial charge in [0.2, 0.25) is 41.4 Å². The van der Waals surface area contributed by atoms with Gasteiger partial charge in [0.05, 0.1) is 95.9 Å². The first-order chi connectivity index (χ1) is 65.1. The number of hydrogen-bond acceptors (Lipinski definition) is 52. The maximum Gasteiger partial charge on any atom is 0.364 e. The highest BCUT2D eigenvalue weighted by Gasteiger charge is 2.65. The average Bonchev–Trinajstić information content (AvgIpc) is 0.763. The summed E-state index contributed by atoms with van der Waals surface area (Å²) in [4.78, 5) is 130. The molecule has 9 rings (SSSR count). The van der Waals surface area contributed by atoms with Gasteiger partial charge in [-0.3, -0.25) is 33.6 Å². The number of hydrogen-bond donors (Lipinski definition) is 35. The predicted molar refractivity (Wildman–Crippen MR) is 430 cm³/mol. The molecule has 1 unspecified atom stereocenters. The maximum atomic E-state index is 13.6. The molecule has 0 radical (unpaired) electrons. The van der Waals surface area contributed by atoms with E-state index in [2.05, 4.69) is 37.2 Å². The van der Waals surface area contributed by atoms with Crippen LogP contribution in [0.1, 0.15) is 67.7 Å². The van der Waals surface area contributed by atoms with Crippen LogP contribution < -0.4 is 37.2 Å². The fraction of sp³-hybridized carbons (Fsp3) is 0.870. The van der Waals surface area contributed by atoms with Crippen LogP contribution in [0.15, 0.2) is 0 Å². The van der Waals surface area contributed by atoms with Crippen molar-refractivity contribution >= 4 is 59.3 Å². The molecular weight excluding hydrogens is 1900 g/mol. The van der Waals surface area contributed by atoms with E-state index in [-0.39, 0.29) is 0 Å². The van der Waals surface area contributed by atoms with Gasteiger partial charge in [-0.15, -0.1) is 0 Å². The van der Waals surface area contributed by atoms with Crippen LogP contribution in [-0.4, -0.2) is 554 Å². The number of nitrogens with one attached hydrogen (secondary N) is 7. The molecule has 0 aromatic carbocycles. The van der Waals surface area contributed by atoms with Crippen molar-refractivity contribution in [2.75, 3.05) is 59.5 Å². The van der Waals surface area contributed by atoms with Crippen LogP contribution in [0.2, 0.25) is 0 Å². The SMILES string of the molecule is CC(=O)N[C@H]1[C@H](O[C@H]2[C@@H](O)[C@@H](CO[C@]3(C(=O)O)C[C@H](O)[C@@H](NC(C)=O)[C@H]([C@H](O)[C@H](O)CO)O3)O[C@@H](O[C@H]3[C@H](O)[C@@H](NC(C)=O)[C@H](O[C@H]4[C@@H](O)[C@@H](CO[C@]5(C(=O)O)C[C@H](O)[C@@H](NC(C)=O)[C@H]([C@H](O)[C@H](O)CO)O5)OC(O)[C@@H]4NC(C)=O)O[C@@H]3CO)[C@@H]2O)O[C@H](CO)[C@@H](O[C@@H]2O[C@H](CO[C@]3(C(=O)O)C[C@H](O)[C@@H](NC(C)=O)[C@H]([C@H](O)[C@H](O)CO)O3)[C@H](O)[C@H](O[C@@H]3O[C@H](CO)[C@@H](O)[C@H](O)[C@H]3NC(C)=O)[C@H]2O)[C@@H]1O. The molecule has 9 aliphatic heterocycles. The zero-order valence-corrected chi connectivity index (χ0v) is 75.0. The topological polar surface area (TPSA) is 978 Å². The molecule has 9 fully saturated rings. The van der Waals surface area contributed by atoms with Crippen molar-refractivity contribution in [1.82, 2.24) is 37.2 Å². The lowest BCUT2D eigenvalue weighted by Crippen LogP contribution is -2.71. The van der Waals surface area contributed by atoms with Gasteiger partial charge in [0.25, 0.3) is 17.4 Å². The van der Waals surface area contributed by atoms with Crippen molar-refractivity contribution in [2.24, 2.45) is 0 Å². The van der Waals surface area contributed by atoms with Crippen molar-refractivity contribution < 1.29 is 271 Å². The molecular formula is C77H125N7O55. The van der Waals surface area contributed by atoms with Crippen LogP contribution in [0, 0.1) is 0 Å². The summed E-state index contributed by atoms with van der Waals surface area (Å²) in [5.41, 5.74) is 0. The molecule has 139 heavy (non-hydrogen) atoms. The molecule has 0 saturated carbocycles. The highest BCUT2D eigenvalue weighted by molar-refractivity contribution is 5.79. The first kappa shape index (κ1) is 116. The van der Waals surface area contributed by atoms with E-state index in [9.17, 15) is 191 Å². The van der Waals surface area contributed by atoms with Gasteiger partial charge in [-0.2, -0.15) is 0 Å². The molecule has 9 aliphatic rings. The standard InChI is InChI=1S/C77H125N7O55/c1-20(91)78-39-27(98)8-75(72(117)118,137-61(39)46(104)30(101)11-85)123-17-36-50(108)60(45(66(116)126-36)84-26(7)97)134-68-43(82-24(5)95)54(112)58(34(15-89)128-68)132-71-57(115)65(52(110)38(131-71)19-125-77(74(121)122)10-29(100)41(80-22(3)93)63(139-77)48(106)32(103)13-87)136-69-44(83-25(6)96)55(113)59(35(16-90)129-69)133-70-56(114)64(135-67-42(81-23(4)94)53(111)49(107)33(14-88)127-67)51(109)37(130-70)18-124-76(73(119)120)9-28(99)40(79-21(2)92)62(138-76)47(105)31(102)12-86/h27-71,85-90,98-116H,8-19H2,1-7H3,(H,78,91)(H,79,92)(H,80,93)(H,81,94)(H,82,95)(H,83,96)(H,84,97)(H,117,118)(H,119,120)(H,121,122)/t27-,28-,29-,30+,31+,32+,33+,34+,35+,36+,37+,38+,39+,40+,41+,42+,43+,44+,45+,46+,47+,48+,49+,50-,51-,52-,53+,54+,55+,56+,57+,58+,59+,60+,61+,62+,63+,64-,65-,66?,67-,68-,69-,70-,71-,75+,76+,77+/m0/s1. The molecule has 798 valence electrons. The van der Waals surface area contributed by atoms with E-state index in [1.54, 1.807) is 0 Å². The zero-order valence-electron chi connectivity index (χ0n) is 75.0. The number of carboxylic acids is 3. The van der Waals surface area contributed by atoms with E-state index in [1.165, 1.54) is 0 Å². The highest BCUT2D eigenvalue weighted by atomic mass is 16.8. The van der Waals surface area contributed by atoms with Gasteiger partial charge < -0.3 is 261 Å². The Labute approximate surface area is 785 Å². The minimum absolute atomic E-state index is 0.798. The number of carbonyl (C=O) groups is 10. The first-order valence-corrected chi connectivity index (χ1v) is 43.5. The summed E-state index contributed by atoms with van der Waals surface area (Å²) in [6.07, 6.45) is -91.8. The lowest BCUT2D eigenvalue weighted by Gasteiger charge is -2.51. The molecule has 0 bridgehead atoms. The maximum absolute atomic E-state index is 13.6. The van der Waals surface area contributed by atoms with Crippen molar-refractivity contribution in [3.05, 3.63) is 0 Å². The van der Waals surface area contributed by atoms with Crippen LogP contribution in [0.3, 0.4) is 0 Å². The van der Waals surface area contributed by atoms with Crippen molar-refractivity contribution in [3.8, 4) is 0 Å². The van der Waals surface area contributed by atoms with Crippen molar-refractivity contribution in [1.29, 1.82) is 0 Å². The Hall–Kier alpha value is -6.98. The van der Waals surface area contributed by atoms with Gasteiger partial charge in [0.1, 0.15) is 201 Å². The number of aliphatic hydroxyl groups excluding tert-OH is 25. The van der Waals surface area contributed by atoms with E-state index >= 15 is 0 Å². The summed E-state index contributed by atoms with van der Waals surface area (Å²) in [6, 6.07) is -13.7. The Balaban J connectivity index is 1.07. The molecule has 35 N–H and O–H groups in total. The van der Waals surface area contributed by atoms with E-state index in [0.29, 0.717) is 0 Å². The molecule has 9 saturated heterocycles. The number of ether oxygens (including phenoxy) is 17. The molecule has 0 spiro atoms. The van der Waals surface area contributed by atoms with E-state index in [4.69, 9.17) is 80.5 Å². The fourth-order valence-corrected chi connectivity index (χ4v) is 17.6. The van der Waals surface area contributed by atoms with Gasteiger partial charge in [-0.1, -0.05) is 0 Å². The second-order valence-corrected chi connectivity index (χ2v) is 34.7. The molecule has 0 aliphatic carbocycles. The van der Waals surface area contributed by atoms with Crippen LogP contribution >= 0.6 is 0 Å². The second kappa shape index (κ2) is 49.3. The molecule has 0 aromatic rings. The number of aliphatic carboxylic acids is 3. The molecule has 48 atom stereocenters. The summed E-state index contributed by atoms with van der Waals surface area (Å²) in [7, 11) is 0. The van der Waals surface area contributed by atoms with E-state index in [0.717, 1.165) is 48.5 Å². The summed E-state index contributed by atoms with van der Waals surface area (Å²) >= 11 is 0. The minimum atomic E-state index is -3.35. The van der Waals surface area contributed by atoms with Gasteiger partial charge >= 0.3 is 17.9 Å². The Morgan fingerprint density at radius 1 is 0.288 bits per heavy atom. The third-order valence-electron chi connectivity index (χ3n) is 24.5. The number of aliphatic hydroxyl groups is 25. The molecule has 7 amide bonds. The van der Waals surface area contributed by atoms with Crippen LogP contribution in [-0.2, 0) is 128 Å². The summed E-state index contributed by atoms with van der Waals surface area (Å²) < 4.78 is 101. The third-order valence-corrected chi connectivity index (χ3v) is 24.5. The van der Waals surface area contributed by atoms with Crippen LogP contribution in [0.25, 0.3) is 0 Å². The van der Waals surface area contributed by atoms with E-state index < -0.39 is 431 Å². The summed E-state index contributed by atoms with van der Waals surface area (Å²) in [5.74, 6) is -23.2. The van der Waals surface area contributed by atoms with Crippen LogP contribution in [0.4, 0.5) is 0 Å². The average molecular weight is 2030 g/mol. The smallest absolute Gasteiger partial charge is 0.364 e. The third kappa shape index (κ3) is 26.5. The fourth-order valence-electron chi connectivity index (χ4n) is 17.6. The number of carboxylic acid groups (broad SMARTS) is 3. The normalized spacial score (nSPS) is 42.9. The van der Waals surface area contributed by atoms with Crippen molar-refractivity contribution in [2.45, 2.75) is 360 Å². The summed E-state index contributed by atoms with van der Waals surface area (Å²) in [5, 5.41) is 331. The predicted octanol–water partition coefficient (Wildman–Crippen LogP) is -22.0. The highest BCUT2D eigenvalue weighted by Crippen LogP contribution is 2.43. The Morgan fingerprint density at radius 2 is 0.532 bits per heavy atom.